The summed E-state index contributed by atoms with van der Waals surface area (Å²) in [5, 5.41) is 4.74. The summed E-state index contributed by atoms with van der Waals surface area (Å²) in [6.07, 6.45) is 0.968. The molecule has 0 bridgehead atoms. The molecule has 0 saturated carbocycles. The first-order valence-electron chi connectivity index (χ1n) is 18.5. The van der Waals surface area contributed by atoms with Gasteiger partial charge in [0.1, 0.15) is 0 Å². The zero-order chi connectivity index (χ0) is 36.2. The van der Waals surface area contributed by atoms with Crippen LogP contribution in [0, 0.1) is 6.92 Å². The predicted octanol–water partition coefficient (Wildman–Crippen LogP) is 13.8. The molecule has 0 aliphatic carbocycles. The van der Waals surface area contributed by atoms with Crippen LogP contribution in [0.4, 0.5) is 0 Å². The van der Waals surface area contributed by atoms with Crippen molar-refractivity contribution in [1.29, 1.82) is 0 Å². The fraction of sp³-hybridized carbons (Fsp3) is 0.0600. The van der Waals surface area contributed by atoms with E-state index < -0.39 is 0 Å². The molecule has 3 aromatic heterocycles. The molecule has 4 heteroatoms. The number of nitrogens with zero attached hydrogens (tertiary/aromatic N) is 3. The predicted molar refractivity (Wildman–Crippen MR) is 229 cm³/mol. The van der Waals surface area contributed by atoms with Crippen LogP contribution in [0.5, 0.6) is 0 Å². The lowest BCUT2D eigenvalue weighted by atomic mass is 9.88. The van der Waals surface area contributed by atoms with Gasteiger partial charge in [0.05, 0.1) is 27.1 Å². The van der Waals surface area contributed by atoms with Crippen LogP contribution in [0.15, 0.2) is 164 Å². The van der Waals surface area contributed by atoms with Gasteiger partial charge in [-0.2, -0.15) is 0 Å². The molecule has 0 N–H and O–H groups in total. The van der Waals surface area contributed by atoms with E-state index in [1.54, 1.807) is 11.3 Å². The first kappa shape index (κ1) is 32.2. The van der Waals surface area contributed by atoms with Gasteiger partial charge in [0.2, 0.25) is 0 Å². The van der Waals surface area contributed by atoms with Crippen LogP contribution in [0.25, 0.3) is 98.1 Å². The number of pyridine rings is 1. The molecule has 10 aromatic rings. The van der Waals surface area contributed by atoms with E-state index in [1.807, 2.05) is 18.2 Å². The molecular formula is C50H35N3S. The molecule has 0 aliphatic rings. The van der Waals surface area contributed by atoms with Crippen molar-refractivity contribution >= 4 is 53.3 Å². The average molecular weight is 710 g/mol. The zero-order valence-corrected chi connectivity index (χ0v) is 30.9. The molecule has 54 heavy (non-hydrogen) atoms. The second kappa shape index (κ2) is 13.2. The van der Waals surface area contributed by atoms with Crippen molar-refractivity contribution in [3.8, 4) is 56.2 Å². The lowest BCUT2D eigenvalue weighted by Gasteiger charge is -2.18. The van der Waals surface area contributed by atoms with Gasteiger partial charge in [-0.1, -0.05) is 165 Å². The van der Waals surface area contributed by atoms with Crippen LogP contribution in [0.1, 0.15) is 18.1 Å². The van der Waals surface area contributed by atoms with Crippen molar-refractivity contribution < 1.29 is 0 Å². The second-order valence-corrected chi connectivity index (χ2v) is 14.9. The number of rotatable bonds is 6. The van der Waals surface area contributed by atoms with Gasteiger partial charge in [-0.15, -0.1) is 11.3 Å². The summed E-state index contributed by atoms with van der Waals surface area (Å²) in [5.74, 6) is 0.744. The zero-order valence-electron chi connectivity index (χ0n) is 30.0. The van der Waals surface area contributed by atoms with Crippen LogP contribution >= 0.6 is 11.3 Å². The topological polar surface area (TPSA) is 38.7 Å². The summed E-state index contributed by atoms with van der Waals surface area (Å²) >= 11 is 1.76. The molecule has 0 radical (unpaired) electrons. The number of benzene rings is 7. The number of hydrogen-bond acceptors (Lipinski definition) is 4. The van der Waals surface area contributed by atoms with Crippen LogP contribution in [0.3, 0.4) is 0 Å². The largest absolute Gasteiger partial charge is 0.247 e. The molecule has 7 aromatic carbocycles. The molecule has 0 saturated heterocycles. The number of aromatic nitrogens is 3. The summed E-state index contributed by atoms with van der Waals surface area (Å²) in [6, 6.07) is 58.3. The number of thiophene rings is 1. The highest BCUT2D eigenvalue weighted by molar-refractivity contribution is 7.26. The summed E-state index contributed by atoms with van der Waals surface area (Å²) < 4.78 is 2.33. The average Bonchev–Trinajstić information content (AvgIpc) is 3.62. The lowest BCUT2D eigenvalue weighted by molar-refractivity contribution is 1.14. The highest BCUT2D eigenvalue weighted by Crippen LogP contribution is 2.42. The van der Waals surface area contributed by atoms with E-state index in [-0.39, 0.29) is 0 Å². The van der Waals surface area contributed by atoms with Gasteiger partial charge >= 0.3 is 0 Å². The van der Waals surface area contributed by atoms with Gasteiger partial charge < -0.3 is 0 Å². The van der Waals surface area contributed by atoms with Crippen LogP contribution in [-0.2, 0) is 6.42 Å². The fourth-order valence-corrected chi connectivity index (χ4v) is 9.09. The van der Waals surface area contributed by atoms with Gasteiger partial charge in [-0.25, -0.2) is 15.0 Å². The monoisotopic (exact) mass is 709 g/mol. The van der Waals surface area contributed by atoms with Crippen molar-refractivity contribution in [2.75, 3.05) is 0 Å². The lowest BCUT2D eigenvalue weighted by Crippen LogP contribution is -1.98. The van der Waals surface area contributed by atoms with E-state index in [0.717, 1.165) is 67.2 Å². The minimum Gasteiger partial charge on any atom is -0.247 e. The standard InChI is InChI=1S/C50H35N3S/c1-3-32-13-7-9-17-39(32)44-31(2)45(51-47-40-18-10-8-14-35(40)29-30-42(44)47)36-25-21-33(22-26-36)34-23-27-37(28-24-34)46-49-48(41-19-11-12-20-43(41)54-49)53-50(52-46)38-15-5-4-6-16-38/h4-30H,3H2,1-2H3. The van der Waals surface area contributed by atoms with Crippen molar-refractivity contribution in [1.82, 2.24) is 15.0 Å². The smallest absolute Gasteiger partial charge is 0.160 e. The van der Waals surface area contributed by atoms with Crippen LogP contribution in [-0.4, -0.2) is 15.0 Å². The number of fused-ring (bicyclic) bond motifs is 6. The Bertz CT molecular complexity index is 3020. The normalized spacial score (nSPS) is 11.6. The highest BCUT2D eigenvalue weighted by Gasteiger charge is 2.19. The van der Waals surface area contributed by atoms with Crippen LogP contribution in [0.2, 0.25) is 0 Å². The Morgan fingerprint density at radius 2 is 1.09 bits per heavy atom. The van der Waals surface area contributed by atoms with E-state index in [0.29, 0.717) is 0 Å². The summed E-state index contributed by atoms with van der Waals surface area (Å²) in [4.78, 5) is 15.7. The molecule has 10 rings (SSSR count). The molecule has 0 unspecified atom stereocenters. The molecule has 0 atom stereocenters. The Hall–Kier alpha value is -6.49. The minimum absolute atomic E-state index is 0.744. The van der Waals surface area contributed by atoms with E-state index in [4.69, 9.17) is 15.0 Å². The summed E-state index contributed by atoms with van der Waals surface area (Å²) in [6.45, 7) is 4.47. The third kappa shape index (κ3) is 5.38. The van der Waals surface area contributed by atoms with E-state index in [2.05, 4.69) is 159 Å². The molecule has 3 nitrogen and oxygen atoms in total. The van der Waals surface area contributed by atoms with Crippen molar-refractivity contribution in [3.05, 3.63) is 175 Å². The Labute approximate surface area is 318 Å². The SMILES string of the molecule is CCc1ccccc1-c1c(C)c(-c2ccc(-c3ccc(-c4nc(-c5ccccc5)nc5c4sc4ccccc45)cc3)cc2)nc2c1ccc1ccccc12. The molecule has 0 aliphatic heterocycles. The molecular weight excluding hydrogens is 675 g/mol. The van der Waals surface area contributed by atoms with Gasteiger partial charge in [0.25, 0.3) is 0 Å². The second-order valence-electron chi connectivity index (χ2n) is 13.8. The Morgan fingerprint density at radius 1 is 0.463 bits per heavy atom. The van der Waals surface area contributed by atoms with E-state index in [1.165, 1.54) is 48.5 Å². The highest BCUT2D eigenvalue weighted by atomic mass is 32.1. The first-order chi connectivity index (χ1) is 26.6. The summed E-state index contributed by atoms with van der Waals surface area (Å²) in [5.41, 5.74) is 14.6. The Morgan fingerprint density at radius 3 is 1.85 bits per heavy atom. The van der Waals surface area contributed by atoms with Gasteiger partial charge in [0.15, 0.2) is 5.82 Å². The third-order valence-corrected chi connectivity index (χ3v) is 11.9. The Kier molecular flexibility index (Phi) is 7.85. The van der Waals surface area contributed by atoms with Gasteiger partial charge in [-0.3, -0.25) is 0 Å². The molecule has 0 amide bonds. The van der Waals surface area contributed by atoms with Crippen molar-refractivity contribution in [2.45, 2.75) is 20.3 Å². The van der Waals surface area contributed by atoms with Gasteiger partial charge in [0, 0.05) is 37.5 Å². The maximum Gasteiger partial charge on any atom is 0.160 e. The number of hydrogen-bond donors (Lipinski definition) is 0. The first-order valence-corrected chi connectivity index (χ1v) is 19.3. The van der Waals surface area contributed by atoms with E-state index >= 15 is 0 Å². The third-order valence-electron chi connectivity index (χ3n) is 10.7. The van der Waals surface area contributed by atoms with Gasteiger partial charge in [-0.05, 0) is 58.2 Å². The fourth-order valence-electron chi connectivity index (χ4n) is 7.94. The van der Waals surface area contributed by atoms with Crippen LogP contribution < -0.4 is 0 Å². The minimum atomic E-state index is 0.744. The molecule has 0 spiro atoms. The molecule has 3 heterocycles. The Balaban J connectivity index is 1.06. The summed E-state index contributed by atoms with van der Waals surface area (Å²) in [7, 11) is 0. The van der Waals surface area contributed by atoms with Crippen molar-refractivity contribution in [2.24, 2.45) is 0 Å². The quantitative estimate of drug-likeness (QED) is 0.161. The van der Waals surface area contributed by atoms with Crippen molar-refractivity contribution in [3.63, 3.8) is 0 Å². The molecule has 256 valence electrons. The maximum atomic E-state index is 5.42. The maximum absolute atomic E-state index is 5.42. The van der Waals surface area contributed by atoms with E-state index in [9.17, 15) is 0 Å². The molecule has 0 fully saturated rings. The number of aryl methyl sites for hydroxylation is 1.